The van der Waals surface area contributed by atoms with Crippen LogP contribution in [0.2, 0.25) is 0 Å². The highest BCUT2D eigenvalue weighted by Crippen LogP contribution is 2.53. The first-order valence-electron chi connectivity index (χ1n) is 12.0. The molecular formula is C19H20F2N7O12P2-. The molecule has 0 saturated carbocycles. The Morgan fingerprint density at radius 2 is 1.64 bits per heavy atom. The van der Waals surface area contributed by atoms with Crippen LogP contribution in [0.1, 0.15) is 12.5 Å². The molecule has 4 bridgehead atoms. The molecule has 3 aliphatic rings. The van der Waals surface area contributed by atoms with E-state index in [9.17, 15) is 28.5 Å². The van der Waals surface area contributed by atoms with E-state index in [-0.39, 0.29) is 17.0 Å². The Labute approximate surface area is 231 Å². The summed E-state index contributed by atoms with van der Waals surface area (Å²) in [5.74, 6) is -0.0428. The molecule has 0 spiro atoms. The smallest absolute Gasteiger partial charge is 0.472 e. The standard InChI is InChI=1S/C19H21F2N7O12P2/c20-10-7-3-35-42(33,34)40-14-11(21)8(38-18(14)28-6-25-12-15(22)23-5-24-16(12)28)4-36-41(31,32)39-13(10)17(37-7)27-2-1-9(29)26-19(27)30/h1-2,5-8,10-11,13-14,17-18H,3-4H2,(H,31,32)(H,33,34)(H2,22,23,24)(H,26,29,30)/p-1/t7-,8-,10-,11-,13-,14-,17-,18-/m1/s1. The Bertz CT molecular complexity index is 1720. The SMILES string of the molecule is Nc1ncnc2c1ncn2[C@@H]1O[C@@H]2COP(=O)(O)O[C@@H]3[C@H](F)[C@@H](COP(=O)([O-])O[C@@H]1[C@@H]2F)O[C@H]3n1ccc(=O)[nH]c1=O. The Kier molecular flexibility index (Phi) is 7.37. The first-order valence-corrected chi connectivity index (χ1v) is 14.9. The third-order valence-corrected chi connectivity index (χ3v) is 8.57. The van der Waals surface area contributed by atoms with Crippen molar-refractivity contribution in [3.8, 4) is 0 Å². The van der Waals surface area contributed by atoms with E-state index in [1.165, 1.54) is 0 Å². The van der Waals surface area contributed by atoms with Gasteiger partial charge in [0, 0.05) is 12.3 Å². The predicted octanol–water partition coefficient (Wildman–Crippen LogP) is -1.18. The maximum Gasteiger partial charge on any atom is 0.472 e. The molecule has 19 nitrogen and oxygen atoms in total. The van der Waals surface area contributed by atoms with Crippen LogP contribution in [0.25, 0.3) is 11.2 Å². The summed E-state index contributed by atoms with van der Waals surface area (Å²) >= 11 is 0. The molecule has 3 aliphatic heterocycles. The fourth-order valence-corrected chi connectivity index (χ4v) is 6.54. The van der Waals surface area contributed by atoms with Crippen LogP contribution in [-0.4, -0.2) is 83.9 Å². The molecule has 42 heavy (non-hydrogen) atoms. The molecule has 3 aromatic heterocycles. The molecule has 23 heteroatoms. The van der Waals surface area contributed by atoms with Crippen molar-refractivity contribution >= 4 is 32.6 Å². The number of nitrogens with one attached hydrogen (secondary N) is 1. The lowest BCUT2D eigenvalue weighted by atomic mass is 10.1. The molecule has 6 rings (SSSR count). The number of rotatable bonds is 2. The number of aromatic amines is 1. The van der Waals surface area contributed by atoms with Gasteiger partial charge in [0.05, 0.1) is 19.5 Å². The van der Waals surface area contributed by atoms with Gasteiger partial charge in [-0.05, 0) is 0 Å². The summed E-state index contributed by atoms with van der Waals surface area (Å²) in [7, 11) is -10.7. The van der Waals surface area contributed by atoms with E-state index in [2.05, 4.69) is 15.0 Å². The third kappa shape index (κ3) is 5.32. The molecule has 0 aliphatic carbocycles. The highest BCUT2D eigenvalue weighted by Gasteiger charge is 2.54. The second kappa shape index (κ2) is 10.6. The van der Waals surface area contributed by atoms with Crippen molar-refractivity contribution < 1.29 is 55.3 Å². The molecule has 3 fully saturated rings. The van der Waals surface area contributed by atoms with Crippen LogP contribution >= 0.6 is 15.6 Å². The summed E-state index contributed by atoms with van der Waals surface area (Å²) in [6.45, 7) is -2.11. The normalized spacial score (nSPS) is 39.3. The Morgan fingerprint density at radius 1 is 1.00 bits per heavy atom. The number of alkyl halides is 2. The molecule has 0 amide bonds. The number of hydrogen-bond acceptors (Lipinski definition) is 15. The van der Waals surface area contributed by atoms with Crippen LogP contribution in [-0.2, 0) is 36.7 Å². The molecule has 0 aromatic carbocycles. The highest BCUT2D eigenvalue weighted by atomic mass is 31.2. The van der Waals surface area contributed by atoms with Gasteiger partial charge in [0.25, 0.3) is 13.4 Å². The van der Waals surface area contributed by atoms with Crippen LogP contribution in [0.15, 0.2) is 34.5 Å². The average Bonchev–Trinajstić information content (AvgIpc) is 3.57. The van der Waals surface area contributed by atoms with Crippen LogP contribution in [0.5, 0.6) is 0 Å². The van der Waals surface area contributed by atoms with E-state index >= 15 is 8.78 Å². The number of imidazole rings is 1. The van der Waals surface area contributed by atoms with E-state index in [0.29, 0.717) is 4.57 Å². The Balaban J connectivity index is 1.34. The molecule has 228 valence electrons. The number of phosphoric acid groups is 2. The summed E-state index contributed by atoms with van der Waals surface area (Å²) in [6, 6.07) is 0.881. The molecule has 3 aromatic rings. The number of ether oxygens (including phenoxy) is 2. The van der Waals surface area contributed by atoms with Crippen LogP contribution in [0, 0.1) is 0 Å². The number of H-pyrrole nitrogens is 1. The highest BCUT2D eigenvalue weighted by molar-refractivity contribution is 7.47. The lowest BCUT2D eigenvalue weighted by Gasteiger charge is -2.30. The van der Waals surface area contributed by atoms with Gasteiger partial charge in [-0.25, -0.2) is 33.1 Å². The molecule has 2 unspecified atom stereocenters. The van der Waals surface area contributed by atoms with Crippen molar-refractivity contribution in [2.24, 2.45) is 0 Å². The number of nitrogens with two attached hydrogens (primary N) is 1. The zero-order chi connectivity index (χ0) is 30.0. The largest absolute Gasteiger partial charge is 0.756 e. The van der Waals surface area contributed by atoms with E-state index in [4.69, 9.17) is 33.3 Å². The molecule has 0 radical (unpaired) electrons. The summed E-state index contributed by atoms with van der Waals surface area (Å²) in [5, 5.41) is 0. The second-order valence-electron chi connectivity index (χ2n) is 9.27. The monoisotopic (exact) mass is 638 g/mol. The number of phosphoric ester groups is 2. The van der Waals surface area contributed by atoms with Gasteiger partial charge in [0.15, 0.2) is 36.3 Å². The van der Waals surface area contributed by atoms with Gasteiger partial charge >= 0.3 is 13.5 Å². The fourth-order valence-electron chi connectivity index (χ4n) is 4.71. The van der Waals surface area contributed by atoms with Crippen molar-refractivity contribution in [3.05, 3.63) is 45.8 Å². The summed E-state index contributed by atoms with van der Waals surface area (Å²) in [5.41, 5.74) is 3.96. The zero-order valence-corrected chi connectivity index (χ0v) is 22.5. The number of halogens is 2. The van der Waals surface area contributed by atoms with Gasteiger partial charge in [-0.2, -0.15) is 0 Å². The summed E-state index contributed by atoms with van der Waals surface area (Å²) < 4.78 is 89.1. The fraction of sp³-hybridized carbons (Fsp3) is 0.526. The molecule has 3 saturated heterocycles. The number of nitrogens with zero attached hydrogens (tertiary/aromatic N) is 5. The maximum atomic E-state index is 15.6. The molecule has 4 N–H and O–H groups in total. The first-order chi connectivity index (χ1) is 19.8. The minimum atomic E-state index is -5.46. The van der Waals surface area contributed by atoms with Gasteiger partial charge in [0.1, 0.15) is 36.3 Å². The Hall–Kier alpha value is -2.97. The second-order valence-corrected chi connectivity index (χ2v) is 12.0. The van der Waals surface area contributed by atoms with Gasteiger partial charge in [0.2, 0.25) is 0 Å². The Morgan fingerprint density at radius 3 is 2.33 bits per heavy atom. The zero-order valence-electron chi connectivity index (χ0n) is 20.7. The maximum absolute atomic E-state index is 15.6. The molecule has 10 atom stereocenters. The van der Waals surface area contributed by atoms with Crippen molar-refractivity contribution in [1.82, 2.24) is 29.1 Å². The quantitative estimate of drug-likeness (QED) is 0.279. The lowest BCUT2D eigenvalue weighted by molar-refractivity contribution is -0.236. The average molecular weight is 638 g/mol. The predicted molar refractivity (Wildman–Crippen MR) is 128 cm³/mol. The lowest BCUT2D eigenvalue weighted by Crippen LogP contribution is -2.38. The first kappa shape index (κ1) is 29.1. The number of anilines is 1. The van der Waals surface area contributed by atoms with Gasteiger partial charge in [-0.15, -0.1) is 0 Å². The molecular weight excluding hydrogens is 618 g/mol. The summed E-state index contributed by atoms with van der Waals surface area (Å²) in [6.07, 6.45) is -12.6. The van der Waals surface area contributed by atoms with Crippen LogP contribution in [0.3, 0.4) is 0 Å². The third-order valence-electron chi connectivity index (χ3n) is 6.62. The number of aromatic nitrogens is 6. The van der Waals surface area contributed by atoms with Crippen LogP contribution in [0.4, 0.5) is 14.6 Å². The van der Waals surface area contributed by atoms with Crippen LogP contribution < -0.4 is 21.9 Å². The number of nitrogen functional groups attached to an aromatic ring is 1. The van der Waals surface area contributed by atoms with Crippen molar-refractivity contribution in [1.29, 1.82) is 0 Å². The van der Waals surface area contributed by atoms with Gasteiger partial charge in [-0.3, -0.25) is 32.5 Å². The van der Waals surface area contributed by atoms with E-state index in [1.807, 2.05) is 4.98 Å². The van der Waals surface area contributed by atoms with E-state index in [1.54, 1.807) is 0 Å². The summed E-state index contributed by atoms with van der Waals surface area (Å²) in [4.78, 5) is 60.6. The van der Waals surface area contributed by atoms with Crippen molar-refractivity contribution in [3.63, 3.8) is 0 Å². The number of fused-ring (bicyclic) bond motifs is 5. The number of hydrogen-bond donors (Lipinski definition) is 3. The van der Waals surface area contributed by atoms with Crippen molar-refractivity contribution in [2.45, 2.75) is 49.2 Å². The minimum absolute atomic E-state index is 0.0140. The van der Waals surface area contributed by atoms with E-state index < -0.39 is 89.3 Å². The van der Waals surface area contributed by atoms with Gasteiger partial charge in [-0.1, -0.05) is 0 Å². The minimum Gasteiger partial charge on any atom is -0.756 e. The van der Waals surface area contributed by atoms with Crippen molar-refractivity contribution in [2.75, 3.05) is 18.9 Å². The topological polar surface area (TPSA) is 257 Å². The van der Waals surface area contributed by atoms with E-state index in [0.717, 1.165) is 29.5 Å². The molecule has 6 heterocycles. The van der Waals surface area contributed by atoms with Gasteiger partial charge < -0.3 is 34.0 Å².